The summed E-state index contributed by atoms with van der Waals surface area (Å²) in [4.78, 5) is -2.69. The summed E-state index contributed by atoms with van der Waals surface area (Å²) in [6, 6.07) is 0. The summed E-state index contributed by atoms with van der Waals surface area (Å²) >= 11 is 2.21. The molecular formula is C4H7BrF2. The standard InChI is InChI=1S/C4H7BrF2/c1-3(2)4(5,6)7/h3H,1-2H3. The van der Waals surface area contributed by atoms with Gasteiger partial charge in [0.2, 0.25) is 0 Å². The molecule has 44 valence electrons. The highest BCUT2D eigenvalue weighted by Crippen LogP contribution is 2.29. The van der Waals surface area contributed by atoms with E-state index in [4.69, 9.17) is 0 Å². The van der Waals surface area contributed by atoms with E-state index in [1.807, 2.05) is 0 Å². The van der Waals surface area contributed by atoms with Gasteiger partial charge in [0.05, 0.1) is 0 Å². The molecule has 0 amide bonds. The van der Waals surface area contributed by atoms with Gasteiger partial charge in [0.25, 0.3) is 0 Å². The van der Waals surface area contributed by atoms with Crippen LogP contribution in [0.2, 0.25) is 0 Å². The van der Waals surface area contributed by atoms with Crippen molar-refractivity contribution in [3.05, 3.63) is 0 Å². The van der Waals surface area contributed by atoms with Gasteiger partial charge in [-0.25, -0.2) is 0 Å². The lowest BCUT2D eigenvalue weighted by atomic mass is 10.2. The summed E-state index contributed by atoms with van der Waals surface area (Å²) in [7, 11) is 0. The molecule has 0 atom stereocenters. The van der Waals surface area contributed by atoms with Crippen LogP contribution in [0.4, 0.5) is 8.78 Å². The van der Waals surface area contributed by atoms with Gasteiger partial charge in [-0.05, 0) is 15.9 Å². The molecule has 0 aromatic rings. The average Bonchev–Trinajstić information content (AvgIpc) is 1.31. The minimum Gasteiger partial charge on any atom is -0.194 e. The number of alkyl halides is 3. The topological polar surface area (TPSA) is 0 Å². The average molecular weight is 173 g/mol. The van der Waals surface area contributed by atoms with Crippen molar-refractivity contribution in [2.75, 3.05) is 0 Å². The second-order valence-corrected chi connectivity index (χ2v) is 2.75. The van der Waals surface area contributed by atoms with Gasteiger partial charge >= 0.3 is 4.83 Å². The molecule has 0 unspecified atom stereocenters. The molecule has 0 fully saturated rings. The van der Waals surface area contributed by atoms with Crippen LogP contribution in [0.25, 0.3) is 0 Å². The SMILES string of the molecule is CC(C)C(F)(F)Br. The normalized spacial score (nSPS) is 12.9. The van der Waals surface area contributed by atoms with Crippen molar-refractivity contribution in [3.63, 3.8) is 0 Å². The van der Waals surface area contributed by atoms with Crippen LogP contribution in [-0.2, 0) is 0 Å². The van der Waals surface area contributed by atoms with Crippen LogP contribution in [0.15, 0.2) is 0 Å². The van der Waals surface area contributed by atoms with Crippen molar-refractivity contribution < 1.29 is 8.78 Å². The van der Waals surface area contributed by atoms with Crippen LogP contribution in [0.1, 0.15) is 13.8 Å². The van der Waals surface area contributed by atoms with Crippen molar-refractivity contribution in [1.29, 1.82) is 0 Å². The maximum Gasteiger partial charge on any atom is 0.303 e. The zero-order valence-electron chi connectivity index (χ0n) is 4.21. The first kappa shape index (κ1) is 7.34. The Kier molecular flexibility index (Phi) is 2.17. The highest BCUT2D eigenvalue weighted by Gasteiger charge is 2.28. The monoisotopic (exact) mass is 172 g/mol. The van der Waals surface area contributed by atoms with Crippen LogP contribution in [0.5, 0.6) is 0 Å². The summed E-state index contributed by atoms with van der Waals surface area (Å²) in [5, 5.41) is 0. The van der Waals surface area contributed by atoms with Gasteiger partial charge in [-0.2, -0.15) is 8.78 Å². The zero-order chi connectivity index (χ0) is 6.08. The molecule has 0 aliphatic rings. The second kappa shape index (κ2) is 2.07. The Balaban J connectivity index is 3.54. The van der Waals surface area contributed by atoms with Gasteiger partial charge in [0.15, 0.2) is 0 Å². The van der Waals surface area contributed by atoms with Gasteiger partial charge in [-0.1, -0.05) is 13.8 Å². The van der Waals surface area contributed by atoms with E-state index >= 15 is 0 Å². The molecule has 0 nitrogen and oxygen atoms in total. The van der Waals surface area contributed by atoms with Crippen LogP contribution in [0.3, 0.4) is 0 Å². The molecule has 3 heteroatoms. The van der Waals surface area contributed by atoms with Crippen LogP contribution >= 0.6 is 15.9 Å². The molecular weight excluding hydrogens is 166 g/mol. The van der Waals surface area contributed by atoms with Crippen molar-refractivity contribution in [1.82, 2.24) is 0 Å². The summed E-state index contributed by atoms with van der Waals surface area (Å²) in [6.07, 6.45) is 0. The fraction of sp³-hybridized carbons (Fsp3) is 1.00. The molecule has 0 saturated heterocycles. The molecule has 7 heavy (non-hydrogen) atoms. The van der Waals surface area contributed by atoms with E-state index in [2.05, 4.69) is 15.9 Å². The van der Waals surface area contributed by atoms with Gasteiger partial charge in [0.1, 0.15) is 0 Å². The molecule has 0 aliphatic carbocycles. The molecule has 0 saturated carbocycles. The van der Waals surface area contributed by atoms with E-state index < -0.39 is 10.7 Å². The Labute approximate surface area is 50.0 Å². The van der Waals surface area contributed by atoms with Gasteiger partial charge in [0, 0.05) is 5.92 Å². The largest absolute Gasteiger partial charge is 0.303 e. The number of hydrogen-bond acceptors (Lipinski definition) is 0. The van der Waals surface area contributed by atoms with E-state index in [1.165, 1.54) is 13.8 Å². The predicted molar refractivity (Wildman–Crippen MR) is 28.7 cm³/mol. The highest BCUT2D eigenvalue weighted by molar-refractivity contribution is 9.10. The Morgan fingerprint density at radius 3 is 1.57 bits per heavy atom. The molecule has 0 spiro atoms. The predicted octanol–water partition coefficient (Wildman–Crippen LogP) is 2.63. The summed E-state index contributed by atoms with van der Waals surface area (Å²) < 4.78 is 23.5. The molecule has 0 aromatic heterocycles. The fourth-order valence-electron chi connectivity index (χ4n) is 0. The Morgan fingerprint density at radius 1 is 1.43 bits per heavy atom. The Bertz CT molecular complexity index is 55.2. The second-order valence-electron chi connectivity index (χ2n) is 1.70. The maximum absolute atomic E-state index is 11.8. The van der Waals surface area contributed by atoms with E-state index in [0.29, 0.717) is 0 Å². The summed E-state index contributed by atoms with van der Waals surface area (Å²) in [5.41, 5.74) is 0. The summed E-state index contributed by atoms with van der Waals surface area (Å²) in [6.45, 7) is 2.91. The number of halogens is 3. The minimum absolute atomic E-state index is 0.618. The van der Waals surface area contributed by atoms with Gasteiger partial charge in [-0.3, -0.25) is 0 Å². The van der Waals surface area contributed by atoms with Crippen molar-refractivity contribution in [2.45, 2.75) is 18.7 Å². The Morgan fingerprint density at radius 2 is 1.57 bits per heavy atom. The molecule has 0 radical (unpaired) electrons. The lowest BCUT2D eigenvalue weighted by Gasteiger charge is -2.10. The van der Waals surface area contributed by atoms with Crippen LogP contribution in [0, 0.1) is 5.92 Å². The van der Waals surface area contributed by atoms with E-state index in [9.17, 15) is 8.78 Å². The zero-order valence-corrected chi connectivity index (χ0v) is 5.80. The third-order valence-electron chi connectivity index (χ3n) is 0.655. The highest BCUT2D eigenvalue weighted by atomic mass is 79.9. The number of rotatable bonds is 1. The van der Waals surface area contributed by atoms with Crippen LogP contribution < -0.4 is 0 Å². The Hall–Kier alpha value is 0.340. The van der Waals surface area contributed by atoms with Crippen LogP contribution in [-0.4, -0.2) is 4.83 Å². The van der Waals surface area contributed by atoms with Crippen molar-refractivity contribution >= 4 is 15.9 Å². The third kappa shape index (κ3) is 2.97. The lowest BCUT2D eigenvalue weighted by Crippen LogP contribution is -2.13. The number of hydrogen-bond donors (Lipinski definition) is 0. The van der Waals surface area contributed by atoms with Gasteiger partial charge in [-0.15, -0.1) is 0 Å². The first-order valence-electron chi connectivity index (χ1n) is 2.01. The minimum atomic E-state index is -2.69. The smallest absolute Gasteiger partial charge is 0.194 e. The van der Waals surface area contributed by atoms with E-state index in [1.54, 1.807) is 0 Å². The molecule has 0 N–H and O–H groups in total. The molecule has 0 rings (SSSR count). The van der Waals surface area contributed by atoms with E-state index in [-0.39, 0.29) is 0 Å². The fourth-order valence-corrected chi connectivity index (χ4v) is 0. The first-order chi connectivity index (χ1) is 2.94. The molecule has 0 bridgehead atoms. The summed E-state index contributed by atoms with van der Waals surface area (Å²) in [5.74, 6) is -0.618. The van der Waals surface area contributed by atoms with Crippen molar-refractivity contribution in [2.24, 2.45) is 5.92 Å². The quantitative estimate of drug-likeness (QED) is 0.534. The van der Waals surface area contributed by atoms with E-state index in [0.717, 1.165) is 0 Å². The maximum atomic E-state index is 11.8. The molecule has 0 aliphatic heterocycles. The van der Waals surface area contributed by atoms with Gasteiger partial charge < -0.3 is 0 Å². The molecule has 0 heterocycles. The third-order valence-corrected chi connectivity index (χ3v) is 1.57. The lowest BCUT2D eigenvalue weighted by molar-refractivity contribution is 0.0631. The first-order valence-corrected chi connectivity index (χ1v) is 2.80. The van der Waals surface area contributed by atoms with Crippen molar-refractivity contribution in [3.8, 4) is 0 Å². The molecule has 0 aromatic carbocycles.